The number of esters is 1. The lowest BCUT2D eigenvalue weighted by molar-refractivity contribution is -0.137. The Morgan fingerprint density at radius 1 is 1.35 bits per heavy atom. The van der Waals surface area contributed by atoms with Gasteiger partial charge in [0.05, 0.1) is 6.61 Å². The Hall–Kier alpha value is -1.23. The molecule has 0 amide bonds. The van der Waals surface area contributed by atoms with Crippen molar-refractivity contribution in [2.45, 2.75) is 32.6 Å². The topological polar surface area (TPSA) is 26.3 Å². The average Bonchev–Trinajstić information content (AvgIpc) is 2.26. The third-order valence-corrected chi connectivity index (χ3v) is 3.31. The fourth-order valence-electron chi connectivity index (χ4n) is 1.93. The highest BCUT2D eigenvalue weighted by molar-refractivity contribution is 9.10. The van der Waals surface area contributed by atoms with Crippen molar-refractivity contribution in [3.8, 4) is 0 Å². The van der Waals surface area contributed by atoms with Gasteiger partial charge in [-0.3, -0.25) is 0 Å². The van der Waals surface area contributed by atoms with E-state index in [4.69, 9.17) is 4.74 Å². The molecule has 0 saturated carbocycles. The molecule has 0 unspecified atom stereocenters. The molecule has 0 aliphatic carbocycles. The van der Waals surface area contributed by atoms with E-state index in [1.807, 2.05) is 0 Å². The number of hydrogen-bond donors (Lipinski definition) is 0. The maximum Gasteiger partial charge on any atom is 0.330 e. The smallest absolute Gasteiger partial charge is 0.330 e. The molecule has 0 radical (unpaired) electrons. The van der Waals surface area contributed by atoms with Gasteiger partial charge >= 0.3 is 5.97 Å². The number of allylic oxidation sites excluding steroid dienone is 1. The zero-order valence-corrected chi connectivity index (χ0v) is 13.3. The molecule has 0 aromatic heterocycles. The van der Waals surface area contributed by atoms with Gasteiger partial charge < -0.3 is 4.74 Å². The number of hydrogen-bond acceptors (Lipinski definition) is 2. The van der Waals surface area contributed by atoms with Crippen molar-refractivity contribution in [1.82, 2.24) is 0 Å². The van der Waals surface area contributed by atoms with Crippen LogP contribution in [0.5, 0.6) is 0 Å². The number of ether oxygens (including phenoxy) is 1. The van der Waals surface area contributed by atoms with Crippen LogP contribution in [0.25, 0.3) is 0 Å². The van der Waals surface area contributed by atoms with E-state index in [-0.39, 0.29) is 5.56 Å². The van der Waals surface area contributed by atoms with Gasteiger partial charge in [0, 0.05) is 16.1 Å². The van der Waals surface area contributed by atoms with Crippen LogP contribution >= 0.6 is 15.9 Å². The summed E-state index contributed by atoms with van der Waals surface area (Å²) in [6.45, 7) is 5.45. The summed E-state index contributed by atoms with van der Waals surface area (Å²) in [6.07, 6.45) is 3.17. The quantitative estimate of drug-likeness (QED) is 0.579. The molecule has 1 rings (SSSR count). The average molecular weight is 347 g/mol. The predicted octanol–water partition coefficient (Wildman–Crippen LogP) is 4.51. The summed E-state index contributed by atoms with van der Waals surface area (Å²) in [6, 6.07) is 2.46. The Labute approximate surface area is 125 Å². The molecule has 0 saturated heterocycles. The summed E-state index contributed by atoms with van der Waals surface area (Å²) < 4.78 is 33.0. The maximum atomic E-state index is 13.9. The van der Waals surface area contributed by atoms with Crippen LogP contribution in [0.1, 0.15) is 32.8 Å². The largest absolute Gasteiger partial charge is 0.463 e. The van der Waals surface area contributed by atoms with Gasteiger partial charge in [-0.2, -0.15) is 0 Å². The van der Waals surface area contributed by atoms with Gasteiger partial charge in [-0.25, -0.2) is 13.6 Å². The molecular weight excluding hydrogens is 330 g/mol. The summed E-state index contributed by atoms with van der Waals surface area (Å²) in [5.41, 5.74) is -0.757. The number of carbonyl (C=O) groups excluding carboxylic acids is 1. The van der Waals surface area contributed by atoms with E-state index in [0.29, 0.717) is 17.5 Å². The molecule has 5 heteroatoms. The van der Waals surface area contributed by atoms with Gasteiger partial charge in [-0.05, 0) is 30.9 Å². The first-order valence-corrected chi connectivity index (χ1v) is 7.05. The molecule has 110 valence electrons. The van der Waals surface area contributed by atoms with E-state index in [9.17, 15) is 13.6 Å². The lowest BCUT2D eigenvalue weighted by Gasteiger charge is -2.25. The van der Waals surface area contributed by atoms with Crippen LogP contribution in [0.4, 0.5) is 8.78 Å². The molecule has 0 aliphatic rings. The van der Waals surface area contributed by atoms with Crippen molar-refractivity contribution in [2.75, 3.05) is 6.61 Å². The first-order valence-electron chi connectivity index (χ1n) is 6.26. The SMILES string of the molecule is CCOC(=O)C=CCC(C)(C)c1c(F)cc(Br)cc1F. The first kappa shape index (κ1) is 16.8. The van der Waals surface area contributed by atoms with Crippen molar-refractivity contribution < 1.29 is 18.3 Å². The molecule has 20 heavy (non-hydrogen) atoms. The molecular formula is C15H17BrF2O2. The van der Waals surface area contributed by atoms with E-state index in [1.54, 1.807) is 26.8 Å². The number of benzene rings is 1. The highest BCUT2D eigenvalue weighted by atomic mass is 79.9. The summed E-state index contributed by atoms with van der Waals surface area (Å²) >= 11 is 3.05. The van der Waals surface area contributed by atoms with Crippen molar-refractivity contribution in [1.29, 1.82) is 0 Å². The zero-order valence-electron chi connectivity index (χ0n) is 11.7. The second kappa shape index (κ2) is 6.97. The van der Waals surface area contributed by atoms with Gasteiger partial charge in [0.15, 0.2) is 0 Å². The Morgan fingerprint density at radius 2 is 1.90 bits per heavy atom. The molecule has 0 N–H and O–H groups in total. The fourth-order valence-corrected chi connectivity index (χ4v) is 2.33. The van der Waals surface area contributed by atoms with Crippen LogP contribution < -0.4 is 0 Å². The minimum absolute atomic E-state index is 0.00853. The van der Waals surface area contributed by atoms with Crippen LogP contribution in [0.3, 0.4) is 0 Å². The Balaban J connectivity index is 2.92. The molecule has 0 heterocycles. The molecule has 0 fully saturated rings. The Bertz CT molecular complexity index is 502. The Kier molecular flexibility index (Phi) is 5.87. The lowest BCUT2D eigenvalue weighted by atomic mass is 9.81. The minimum atomic E-state index is -0.766. The van der Waals surface area contributed by atoms with Gasteiger partial charge in [0.25, 0.3) is 0 Å². The molecule has 0 atom stereocenters. The Morgan fingerprint density at radius 3 is 2.40 bits per heavy atom. The van der Waals surface area contributed by atoms with Crippen molar-refractivity contribution in [3.63, 3.8) is 0 Å². The monoisotopic (exact) mass is 346 g/mol. The molecule has 0 spiro atoms. The third kappa shape index (κ3) is 4.40. The van der Waals surface area contributed by atoms with Gasteiger partial charge in [0.1, 0.15) is 11.6 Å². The number of halogens is 3. The molecule has 1 aromatic rings. The summed E-state index contributed by atoms with van der Waals surface area (Å²) in [7, 11) is 0. The highest BCUT2D eigenvalue weighted by Gasteiger charge is 2.27. The fraction of sp³-hybridized carbons (Fsp3) is 0.400. The maximum absolute atomic E-state index is 13.9. The minimum Gasteiger partial charge on any atom is -0.463 e. The van der Waals surface area contributed by atoms with E-state index < -0.39 is 23.0 Å². The van der Waals surface area contributed by atoms with E-state index in [1.165, 1.54) is 18.2 Å². The van der Waals surface area contributed by atoms with Crippen molar-refractivity contribution in [2.24, 2.45) is 0 Å². The van der Waals surface area contributed by atoms with Crippen LogP contribution in [0.2, 0.25) is 0 Å². The summed E-state index contributed by atoms with van der Waals surface area (Å²) in [5, 5.41) is 0. The first-order chi connectivity index (χ1) is 9.27. The van der Waals surface area contributed by atoms with Gasteiger partial charge in [-0.1, -0.05) is 35.9 Å². The van der Waals surface area contributed by atoms with E-state index in [0.717, 1.165) is 0 Å². The van der Waals surface area contributed by atoms with Crippen molar-refractivity contribution in [3.05, 3.63) is 46.0 Å². The molecule has 1 aromatic carbocycles. The number of rotatable bonds is 5. The summed E-state index contributed by atoms with van der Waals surface area (Å²) in [4.78, 5) is 11.2. The zero-order chi connectivity index (χ0) is 15.3. The van der Waals surface area contributed by atoms with Crippen LogP contribution in [0.15, 0.2) is 28.8 Å². The highest BCUT2D eigenvalue weighted by Crippen LogP contribution is 2.33. The second-order valence-corrected chi connectivity index (χ2v) is 5.90. The van der Waals surface area contributed by atoms with Crippen molar-refractivity contribution >= 4 is 21.9 Å². The molecule has 0 bridgehead atoms. The number of carbonyl (C=O) groups is 1. The predicted molar refractivity (Wildman–Crippen MR) is 77.5 cm³/mol. The van der Waals surface area contributed by atoms with E-state index in [2.05, 4.69) is 15.9 Å². The van der Waals surface area contributed by atoms with Crippen LogP contribution in [-0.2, 0) is 14.9 Å². The standard InChI is InChI=1S/C15H17BrF2O2/c1-4-20-13(19)6-5-7-15(2,3)14-11(17)8-10(16)9-12(14)18/h5-6,8-9H,4,7H2,1-3H3. The lowest BCUT2D eigenvalue weighted by Crippen LogP contribution is -2.20. The molecule has 0 aliphatic heterocycles. The second-order valence-electron chi connectivity index (χ2n) is 4.99. The third-order valence-electron chi connectivity index (χ3n) is 2.85. The van der Waals surface area contributed by atoms with E-state index >= 15 is 0 Å². The van der Waals surface area contributed by atoms with Crippen LogP contribution in [0, 0.1) is 11.6 Å². The van der Waals surface area contributed by atoms with Gasteiger partial charge in [-0.15, -0.1) is 0 Å². The van der Waals surface area contributed by atoms with Crippen LogP contribution in [-0.4, -0.2) is 12.6 Å². The van der Waals surface area contributed by atoms with Gasteiger partial charge in [0.2, 0.25) is 0 Å². The summed E-state index contributed by atoms with van der Waals surface area (Å²) in [5.74, 6) is -1.67. The molecule has 2 nitrogen and oxygen atoms in total. The normalized spacial score (nSPS) is 11.9.